The van der Waals surface area contributed by atoms with Crippen molar-refractivity contribution < 1.29 is 17.9 Å². The van der Waals surface area contributed by atoms with Crippen molar-refractivity contribution in [2.45, 2.75) is 45.6 Å². The fraction of sp³-hybridized carbons (Fsp3) is 0.296. The van der Waals surface area contributed by atoms with Crippen LogP contribution in [-0.2, 0) is 14.8 Å². The third kappa shape index (κ3) is 5.97. The normalized spacial score (nSPS) is 12.1. The van der Waals surface area contributed by atoms with E-state index in [1.165, 1.54) is 0 Å². The molecule has 3 rings (SSSR count). The van der Waals surface area contributed by atoms with Gasteiger partial charge in [0.2, 0.25) is 5.91 Å². The monoisotopic (exact) mass is 480 g/mol. The van der Waals surface area contributed by atoms with E-state index in [4.69, 9.17) is 4.74 Å². The highest BCUT2D eigenvalue weighted by Gasteiger charge is 2.28. The summed E-state index contributed by atoms with van der Waals surface area (Å²) >= 11 is 0. The molecule has 1 N–H and O–H groups in total. The molecule has 0 radical (unpaired) electrons. The maximum atomic E-state index is 13.6. The van der Waals surface area contributed by atoms with E-state index >= 15 is 0 Å². The molecule has 0 saturated heterocycles. The van der Waals surface area contributed by atoms with Crippen molar-refractivity contribution >= 4 is 21.6 Å². The minimum atomic E-state index is -3.97. The van der Waals surface area contributed by atoms with Gasteiger partial charge < -0.3 is 10.1 Å². The van der Waals surface area contributed by atoms with Crippen LogP contribution >= 0.6 is 0 Å². The molecule has 0 aliphatic heterocycles. The van der Waals surface area contributed by atoms with Gasteiger partial charge in [0.05, 0.1) is 23.2 Å². The van der Waals surface area contributed by atoms with E-state index in [0.29, 0.717) is 18.0 Å². The second-order valence-corrected chi connectivity index (χ2v) is 10.3. The van der Waals surface area contributed by atoms with E-state index in [0.717, 1.165) is 26.6 Å². The van der Waals surface area contributed by atoms with Crippen molar-refractivity contribution in [1.82, 2.24) is 5.32 Å². The summed E-state index contributed by atoms with van der Waals surface area (Å²) in [6.07, 6.45) is 0. The number of carbonyl (C=O) groups is 1. The lowest BCUT2D eigenvalue weighted by Gasteiger charge is -2.25. The largest absolute Gasteiger partial charge is 0.494 e. The molecule has 0 aromatic heterocycles. The Morgan fingerprint density at radius 2 is 1.56 bits per heavy atom. The zero-order chi connectivity index (χ0) is 24.9. The van der Waals surface area contributed by atoms with E-state index in [1.54, 1.807) is 48.5 Å². The Bertz CT molecular complexity index is 1240. The van der Waals surface area contributed by atoms with Crippen molar-refractivity contribution in [3.63, 3.8) is 0 Å². The van der Waals surface area contributed by atoms with Crippen LogP contribution in [0.3, 0.4) is 0 Å². The predicted octanol–water partition coefficient (Wildman–Crippen LogP) is 5.08. The summed E-state index contributed by atoms with van der Waals surface area (Å²) in [7, 11) is -3.97. The van der Waals surface area contributed by atoms with Crippen molar-refractivity contribution in [2.75, 3.05) is 17.5 Å². The molecule has 7 heteroatoms. The average molecular weight is 481 g/mol. The zero-order valence-electron chi connectivity index (χ0n) is 20.3. The lowest BCUT2D eigenvalue weighted by atomic mass is 10.0. The van der Waals surface area contributed by atoms with Crippen LogP contribution in [0.15, 0.2) is 71.6 Å². The highest BCUT2D eigenvalue weighted by atomic mass is 32.2. The maximum absolute atomic E-state index is 13.6. The number of anilines is 1. The summed E-state index contributed by atoms with van der Waals surface area (Å²) in [6, 6.07) is 19.1. The predicted molar refractivity (Wildman–Crippen MR) is 136 cm³/mol. The molecule has 0 saturated carbocycles. The number of aryl methyl sites for hydroxylation is 3. The van der Waals surface area contributed by atoms with Gasteiger partial charge in [0, 0.05) is 0 Å². The van der Waals surface area contributed by atoms with E-state index in [9.17, 15) is 13.2 Å². The number of sulfonamides is 1. The topological polar surface area (TPSA) is 75.7 Å². The lowest BCUT2D eigenvalue weighted by Crippen LogP contribution is -2.41. The van der Waals surface area contributed by atoms with Crippen molar-refractivity contribution in [3.8, 4) is 5.75 Å². The number of hydrogen-bond acceptors (Lipinski definition) is 4. The van der Waals surface area contributed by atoms with E-state index in [2.05, 4.69) is 11.4 Å². The van der Waals surface area contributed by atoms with Crippen LogP contribution in [0, 0.1) is 20.8 Å². The molecule has 0 heterocycles. The van der Waals surface area contributed by atoms with Gasteiger partial charge in [-0.25, -0.2) is 8.42 Å². The van der Waals surface area contributed by atoms with Crippen LogP contribution < -0.4 is 14.4 Å². The Kier molecular flexibility index (Phi) is 7.99. The number of carbonyl (C=O) groups excluding carboxylic acids is 1. The van der Waals surface area contributed by atoms with Crippen LogP contribution in [0.25, 0.3) is 0 Å². The fourth-order valence-electron chi connectivity index (χ4n) is 3.83. The van der Waals surface area contributed by atoms with Gasteiger partial charge in [-0.15, -0.1) is 0 Å². The maximum Gasteiger partial charge on any atom is 0.264 e. The van der Waals surface area contributed by atoms with E-state index < -0.39 is 15.9 Å². The SMILES string of the molecule is CCOc1ccc(N(CC(=O)N[C@H](C)c2ccc(C)cc2C)S(=O)(=O)c2ccc(C)cc2)cc1. The Balaban J connectivity index is 1.90. The van der Waals surface area contributed by atoms with E-state index in [1.807, 2.05) is 46.8 Å². The summed E-state index contributed by atoms with van der Waals surface area (Å²) in [5, 5.41) is 2.95. The minimum absolute atomic E-state index is 0.127. The van der Waals surface area contributed by atoms with Gasteiger partial charge in [-0.1, -0.05) is 41.5 Å². The van der Waals surface area contributed by atoms with Gasteiger partial charge in [-0.2, -0.15) is 0 Å². The Morgan fingerprint density at radius 1 is 0.941 bits per heavy atom. The van der Waals surface area contributed by atoms with Gasteiger partial charge in [-0.3, -0.25) is 9.10 Å². The molecule has 0 aliphatic rings. The highest BCUT2D eigenvalue weighted by molar-refractivity contribution is 7.92. The summed E-state index contributed by atoms with van der Waals surface area (Å²) in [4.78, 5) is 13.2. The first-order valence-electron chi connectivity index (χ1n) is 11.3. The van der Waals surface area contributed by atoms with Crippen LogP contribution in [0.4, 0.5) is 5.69 Å². The Morgan fingerprint density at radius 3 is 2.15 bits per heavy atom. The Hall–Kier alpha value is -3.32. The van der Waals surface area contributed by atoms with Crippen molar-refractivity contribution in [2.24, 2.45) is 0 Å². The van der Waals surface area contributed by atoms with Crippen molar-refractivity contribution in [1.29, 1.82) is 0 Å². The molecule has 0 fully saturated rings. The van der Waals surface area contributed by atoms with Gasteiger partial charge in [0.1, 0.15) is 12.3 Å². The molecule has 180 valence electrons. The number of benzene rings is 3. The molecule has 1 atom stereocenters. The molecular weight excluding hydrogens is 448 g/mol. The van der Waals surface area contributed by atoms with Gasteiger partial charge in [-0.05, 0) is 82.1 Å². The molecule has 1 amide bonds. The minimum Gasteiger partial charge on any atom is -0.494 e. The third-order valence-electron chi connectivity index (χ3n) is 5.60. The summed E-state index contributed by atoms with van der Waals surface area (Å²) in [6.45, 7) is 9.84. The fourth-order valence-corrected chi connectivity index (χ4v) is 5.26. The highest BCUT2D eigenvalue weighted by Crippen LogP contribution is 2.26. The molecular formula is C27H32N2O4S. The smallest absolute Gasteiger partial charge is 0.264 e. The first kappa shape index (κ1) is 25.3. The quantitative estimate of drug-likeness (QED) is 0.463. The van der Waals surface area contributed by atoms with Crippen LogP contribution in [-0.4, -0.2) is 27.5 Å². The summed E-state index contributed by atoms with van der Waals surface area (Å²) in [5.41, 5.74) is 4.55. The molecule has 0 unspecified atom stereocenters. The molecule has 0 bridgehead atoms. The second-order valence-electron chi connectivity index (χ2n) is 8.40. The van der Waals surface area contributed by atoms with E-state index in [-0.39, 0.29) is 17.5 Å². The summed E-state index contributed by atoms with van der Waals surface area (Å²) in [5.74, 6) is 0.240. The number of ether oxygens (including phenoxy) is 1. The van der Waals surface area contributed by atoms with Gasteiger partial charge in [0.15, 0.2) is 0 Å². The van der Waals surface area contributed by atoms with Crippen LogP contribution in [0.5, 0.6) is 5.75 Å². The number of nitrogens with zero attached hydrogens (tertiary/aromatic N) is 1. The number of rotatable bonds is 9. The zero-order valence-corrected chi connectivity index (χ0v) is 21.1. The molecule has 34 heavy (non-hydrogen) atoms. The molecule has 0 spiro atoms. The number of amides is 1. The summed E-state index contributed by atoms with van der Waals surface area (Å²) < 4.78 is 33.7. The standard InChI is InChI=1S/C27H32N2O4S/c1-6-33-24-12-10-23(11-13-24)29(34(31,32)25-14-7-19(2)8-15-25)18-27(30)28-22(5)26-16-9-20(3)17-21(26)4/h7-17,22H,6,18H2,1-5H3,(H,28,30)/t22-/m1/s1. The first-order chi connectivity index (χ1) is 16.1. The van der Waals surface area contributed by atoms with Crippen LogP contribution in [0.1, 0.15) is 42.1 Å². The van der Waals surface area contributed by atoms with Crippen LogP contribution in [0.2, 0.25) is 0 Å². The molecule has 3 aromatic carbocycles. The second kappa shape index (κ2) is 10.7. The molecule has 3 aromatic rings. The van der Waals surface area contributed by atoms with Crippen molar-refractivity contribution in [3.05, 3.63) is 89.0 Å². The lowest BCUT2D eigenvalue weighted by molar-refractivity contribution is -0.120. The first-order valence-corrected chi connectivity index (χ1v) is 12.7. The third-order valence-corrected chi connectivity index (χ3v) is 7.39. The van der Waals surface area contributed by atoms with Gasteiger partial charge >= 0.3 is 0 Å². The molecule has 0 aliphatic carbocycles. The van der Waals surface area contributed by atoms with Gasteiger partial charge in [0.25, 0.3) is 10.0 Å². The Labute approximate surface area is 202 Å². The number of nitrogens with one attached hydrogen (secondary N) is 1. The molecule has 6 nitrogen and oxygen atoms in total. The average Bonchev–Trinajstić information content (AvgIpc) is 2.78. The number of hydrogen-bond donors (Lipinski definition) is 1.